The van der Waals surface area contributed by atoms with Gasteiger partial charge in [-0.15, -0.1) is 0 Å². The zero-order valence-electron chi connectivity index (χ0n) is 14.5. The van der Waals surface area contributed by atoms with E-state index < -0.39 is 0 Å². The number of hydrogen-bond donors (Lipinski definition) is 2. The van der Waals surface area contributed by atoms with Crippen molar-refractivity contribution in [1.82, 2.24) is 5.32 Å². The number of anilines is 1. The van der Waals surface area contributed by atoms with Gasteiger partial charge >= 0.3 is 6.03 Å². The number of hydrogen-bond acceptors (Lipinski definition) is 2. The first-order chi connectivity index (χ1) is 12.6. The van der Waals surface area contributed by atoms with E-state index in [4.69, 9.17) is 0 Å². The number of urea groups is 1. The molecule has 3 aromatic carbocycles. The molecule has 0 atom stereocenters. The van der Waals surface area contributed by atoms with Crippen molar-refractivity contribution in [3.8, 4) is 0 Å². The van der Waals surface area contributed by atoms with Crippen LogP contribution in [0.5, 0.6) is 0 Å². The highest BCUT2D eigenvalue weighted by Crippen LogP contribution is 2.22. The Labute approximate surface area is 152 Å². The summed E-state index contributed by atoms with van der Waals surface area (Å²) in [6.45, 7) is 1.50. The highest BCUT2D eigenvalue weighted by molar-refractivity contribution is 5.96. The summed E-state index contributed by atoms with van der Waals surface area (Å²) >= 11 is 0. The number of benzene rings is 3. The second-order valence-electron chi connectivity index (χ2n) is 5.99. The van der Waals surface area contributed by atoms with Crippen LogP contribution in [0, 0.1) is 0 Å². The number of ketones is 1. The van der Waals surface area contributed by atoms with Gasteiger partial charge in [-0.25, -0.2) is 4.79 Å². The zero-order chi connectivity index (χ0) is 18.4. The number of rotatable bonds is 5. The van der Waals surface area contributed by atoms with E-state index in [1.165, 1.54) is 6.92 Å². The van der Waals surface area contributed by atoms with Gasteiger partial charge in [0.05, 0.1) is 6.04 Å². The molecule has 0 aliphatic heterocycles. The predicted octanol–water partition coefficient (Wildman–Crippen LogP) is 4.80. The maximum absolute atomic E-state index is 12.5. The maximum atomic E-state index is 12.5. The standard InChI is InChI=1S/C22H20N2O2/c1-16(25)19-13-8-14-20(15-19)23-22(26)24-21(17-9-4-2-5-10-17)18-11-6-3-7-12-18/h2-15,21H,1H3,(H2,23,24,26). The van der Waals surface area contributed by atoms with Crippen molar-refractivity contribution in [3.63, 3.8) is 0 Å². The number of Topliss-reactive ketones (excluding diaryl/α,β-unsaturated/α-hetero) is 1. The van der Waals surface area contributed by atoms with Crippen LogP contribution in [0.1, 0.15) is 34.5 Å². The van der Waals surface area contributed by atoms with Gasteiger partial charge in [-0.2, -0.15) is 0 Å². The Hall–Kier alpha value is -3.40. The number of nitrogens with one attached hydrogen (secondary N) is 2. The Morgan fingerprint density at radius 1 is 0.769 bits per heavy atom. The van der Waals surface area contributed by atoms with Crippen LogP contribution in [0.4, 0.5) is 10.5 Å². The Morgan fingerprint density at radius 2 is 1.35 bits per heavy atom. The molecule has 3 rings (SSSR count). The monoisotopic (exact) mass is 344 g/mol. The molecule has 0 unspecified atom stereocenters. The molecule has 0 radical (unpaired) electrons. The molecule has 0 saturated carbocycles. The molecular weight excluding hydrogens is 324 g/mol. The van der Waals surface area contributed by atoms with E-state index in [0.717, 1.165) is 11.1 Å². The molecule has 0 aliphatic carbocycles. The summed E-state index contributed by atoms with van der Waals surface area (Å²) in [5.74, 6) is -0.0412. The Kier molecular flexibility index (Phi) is 5.44. The first-order valence-corrected chi connectivity index (χ1v) is 8.42. The van der Waals surface area contributed by atoms with Crippen LogP contribution in [-0.2, 0) is 0 Å². The SMILES string of the molecule is CC(=O)c1cccc(NC(=O)NC(c2ccccc2)c2ccccc2)c1. The third-order valence-electron chi connectivity index (χ3n) is 4.07. The van der Waals surface area contributed by atoms with E-state index in [-0.39, 0.29) is 17.9 Å². The minimum Gasteiger partial charge on any atom is -0.327 e. The Morgan fingerprint density at radius 3 is 1.88 bits per heavy atom. The van der Waals surface area contributed by atoms with Gasteiger partial charge < -0.3 is 10.6 Å². The van der Waals surface area contributed by atoms with Crippen LogP contribution in [0.15, 0.2) is 84.9 Å². The fourth-order valence-corrected chi connectivity index (χ4v) is 2.76. The molecule has 0 aromatic heterocycles. The van der Waals surface area contributed by atoms with E-state index in [9.17, 15) is 9.59 Å². The molecular formula is C22H20N2O2. The second kappa shape index (κ2) is 8.12. The molecule has 3 aromatic rings. The molecule has 4 heteroatoms. The zero-order valence-corrected chi connectivity index (χ0v) is 14.5. The van der Waals surface area contributed by atoms with Crippen molar-refractivity contribution in [3.05, 3.63) is 102 Å². The van der Waals surface area contributed by atoms with Crippen molar-refractivity contribution >= 4 is 17.5 Å². The molecule has 0 spiro atoms. The highest BCUT2D eigenvalue weighted by atomic mass is 16.2. The number of amides is 2. The van der Waals surface area contributed by atoms with E-state index in [2.05, 4.69) is 10.6 Å². The minimum absolute atomic E-state index is 0.0412. The highest BCUT2D eigenvalue weighted by Gasteiger charge is 2.16. The summed E-state index contributed by atoms with van der Waals surface area (Å²) in [7, 11) is 0. The van der Waals surface area contributed by atoms with Gasteiger partial charge in [-0.05, 0) is 30.2 Å². The molecule has 0 aliphatic rings. The third-order valence-corrected chi connectivity index (χ3v) is 4.07. The number of carbonyl (C=O) groups is 2. The minimum atomic E-state index is -0.330. The van der Waals surface area contributed by atoms with Crippen molar-refractivity contribution < 1.29 is 9.59 Å². The Bertz CT molecular complexity index is 853. The summed E-state index contributed by atoms with van der Waals surface area (Å²) in [5.41, 5.74) is 3.12. The fraction of sp³-hybridized carbons (Fsp3) is 0.0909. The summed E-state index contributed by atoms with van der Waals surface area (Å²) in [4.78, 5) is 24.0. The van der Waals surface area contributed by atoms with Gasteiger partial charge in [0.15, 0.2) is 5.78 Å². The van der Waals surface area contributed by atoms with Crippen LogP contribution in [0.2, 0.25) is 0 Å². The molecule has 0 saturated heterocycles. The van der Waals surface area contributed by atoms with Gasteiger partial charge in [-0.1, -0.05) is 72.8 Å². The van der Waals surface area contributed by atoms with Crippen LogP contribution in [0.3, 0.4) is 0 Å². The largest absolute Gasteiger partial charge is 0.327 e. The lowest BCUT2D eigenvalue weighted by molar-refractivity contribution is 0.101. The van der Waals surface area contributed by atoms with Crippen LogP contribution in [0.25, 0.3) is 0 Å². The summed E-state index contributed by atoms with van der Waals surface area (Å²) in [6.07, 6.45) is 0. The van der Waals surface area contributed by atoms with E-state index >= 15 is 0 Å². The normalized spacial score (nSPS) is 10.4. The lowest BCUT2D eigenvalue weighted by atomic mass is 9.99. The average molecular weight is 344 g/mol. The lowest BCUT2D eigenvalue weighted by Crippen LogP contribution is -2.33. The summed E-state index contributed by atoms with van der Waals surface area (Å²) in [5, 5.41) is 5.82. The van der Waals surface area contributed by atoms with Crippen LogP contribution >= 0.6 is 0 Å². The van der Waals surface area contributed by atoms with E-state index in [1.807, 2.05) is 60.7 Å². The van der Waals surface area contributed by atoms with Gasteiger partial charge in [-0.3, -0.25) is 4.79 Å². The van der Waals surface area contributed by atoms with Gasteiger partial charge in [0, 0.05) is 11.3 Å². The van der Waals surface area contributed by atoms with Crippen LogP contribution < -0.4 is 10.6 Å². The molecule has 4 nitrogen and oxygen atoms in total. The molecule has 0 heterocycles. The van der Waals surface area contributed by atoms with E-state index in [0.29, 0.717) is 11.3 Å². The Balaban J connectivity index is 1.80. The van der Waals surface area contributed by atoms with Crippen molar-refractivity contribution in [2.24, 2.45) is 0 Å². The van der Waals surface area contributed by atoms with Crippen molar-refractivity contribution in [2.75, 3.05) is 5.32 Å². The van der Waals surface area contributed by atoms with Crippen LogP contribution in [-0.4, -0.2) is 11.8 Å². The maximum Gasteiger partial charge on any atom is 0.319 e. The quantitative estimate of drug-likeness (QED) is 0.653. The lowest BCUT2D eigenvalue weighted by Gasteiger charge is -2.20. The first kappa shape index (κ1) is 17.4. The second-order valence-corrected chi connectivity index (χ2v) is 5.99. The predicted molar refractivity (Wildman–Crippen MR) is 103 cm³/mol. The topological polar surface area (TPSA) is 58.2 Å². The molecule has 0 bridgehead atoms. The van der Waals surface area contributed by atoms with Crippen molar-refractivity contribution in [2.45, 2.75) is 13.0 Å². The molecule has 2 amide bonds. The molecule has 0 fully saturated rings. The van der Waals surface area contributed by atoms with E-state index in [1.54, 1.807) is 24.3 Å². The van der Waals surface area contributed by atoms with Gasteiger partial charge in [0.1, 0.15) is 0 Å². The average Bonchev–Trinajstić information content (AvgIpc) is 2.67. The molecule has 130 valence electrons. The smallest absolute Gasteiger partial charge is 0.319 e. The molecule has 26 heavy (non-hydrogen) atoms. The van der Waals surface area contributed by atoms with Crippen molar-refractivity contribution in [1.29, 1.82) is 0 Å². The first-order valence-electron chi connectivity index (χ1n) is 8.42. The summed E-state index contributed by atoms with van der Waals surface area (Å²) < 4.78 is 0. The molecule has 2 N–H and O–H groups in total. The number of carbonyl (C=O) groups excluding carboxylic acids is 2. The van der Waals surface area contributed by atoms with Gasteiger partial charge in [0.25, 0.3) is 0 Å². The summed E-state index contributed by atoms with van der Waals surface area (Å²) in [6, 6.07) is 25.9. The fourth-order valence-electron chi connectivity index (χ4n) is 2.76. The third kappa shape index (κ3) is 4.36. The van der Waals surface area contributed by atoms with Gasteiger partial charge in [0.2, 0.25) is 0 Å².